The molecule has 1 amide bonds. The van der Waals surface area contributed by atoms with Crippen molar-refractivity contribution >= 4 is 6.09 Å². The van der Waals surface area contributed by atoms with Crippen molar-refractivity contribution in [2.75, 3.05) is 26.2 Å². The van der Waals surface area contributed by atoms with E-state index in [9.17, 15) is 18.7 Å². The highest BCUT2D eigenvalue weighted by Gasteiger charge is 2.37. The lowest BCUT2D eigenvalue weighted by molar-refractivity contribution is -0.0500. The van der Waals surface area contributed by atoms with Crippen LogP contribution in [-0.4, -0.2) is 59.8 Å². The van der Waals surface area contributed by atoms with Crippen LogP contribution in [0.3, 0.4) is 0 Å². The summed E-state index contributed by atoms with van der Waals surface area (Å²) in [4.78, 5) is 15.2. The molecule has 1 aliphatic rings. The van der Waals surface area contributed by atoms with E-state index in [2.05, 4.69) is 9.64 Å². The van der Waals surface area contributed by atoms with Gasteiger partial charge in [-0.2, -0.15) is 14.0 Å². The number of hydrogen-bond acceptors (Lipinski definition) is 4. The van der Waals surface area contributed by atoms with E-state index >= 15 is 0 Å². The van der Waals surface area contributed by atoms with Crippen molar-refractivity contribution in [2.24, 2.45) is 5.41 Å². The van der Waals surface area contributed by atoms with Crippen molar-refractivity contribution in [3.05, 3.63) is 29.3 Å². The number of nitrogens with zero attached hydrogens (tertiary/aromatic N) is 3. The Morgan fingerprint density at radius 1 is 1.41 bits per heavy atom. The number of nitriles is 1. The zero-order chi connectivity index (χ0) is 20.2. The highest BCUT2D eigenvalue weighted by Crippen LogP contribution is 2.28. The Kier molecular flexibility index (Phi) is 6.60. The smallest absolute Gasteiger partial charge is 0.407 e. The lowest BCUT2D eigenvalue weighted by Crippen LogP contribution is -2.59. The topological polar surface area (TPSA) is 76.8 Å². The third-order valence-electron chi connectivity index (χ3n) is 4.81. The van der Waals surface area contributed by atoms with Gasteiger partial charge >= 0.3 is 12.7 Å². The van der Waals surface area contributed by atoms with Gasteiger partial charge in [0.05, 0.1) is 11.6 Å². The van der Waals surface area contributed by atoms with E-state index in [0.29, 0.717) is 32.6 Å². The molecule has 0 aromatic heterocycles. The van der Waals surface area contributed by atoms with Gasteiger partial charge in [0.15, 0.2) is 0 Å². The average Bonchev–Trinajstić information content (AvgIpc) is 2.58. The van der Waals surface area contributed by atoms with Crippen molar-refractivity contribution in [3.8, 4) is 11.8 Å². The molecular formula is C19H25F2N3O3. The molecule has 1 aromatic carbocycles. The Morgan fingerprint density at radius 2 is 2.11 bits per heavy atom. The number of benzene rings is 1. The van der Waals surface area contributed by atoms with E-state index in [-0.39, 0.29) is 22.8 Å². The summed E-state index contributed by atoms with van der Waals surface area (Å²) in [5, 5.41) is 18.4. The molecule has 27 heavy (non-hydrogen) atoms. The van der Waals surface area contributed by atoms with Gasteiger partial charge in [0.1, 0.15) is 11.8 Å². The van der Waals surface area contributed by atoms with E-state index in [1.165, 1.54) is 17.0 Å². The standard InChI is InChI=1S/C19H25F2N3O3/c1-19(2,3)16-12-23(8-9-24(16)18(25)26)7-6-13-4-5-14(11-22)15(10-13)27-17(20)21/h4-5,10,16-17H,6-9,12H2,1-3H3,(H,25,26). The minimum Gasteiger partial charge on any atom is -0.465 e. The fourth-order valence-electron chi connectivity index (χ4n) is 3.31. The molecule has 1 saturated heterocycles. The van der Waals surface area contributed by atoms with Crippen LogP contribution in [-0.2, 0) is 6.42 Å². The zero-order valence-corrected chi connectivity index (χ0v) is 15.8. The van der Waals surface area contributed by atoms with Gasteiger partial charge in [-0.15, -0.1) is 0 Å². The molecule has 1 atom stereocenters. The number of hydrogen-bond donors (Lipinski definition) is 1. The lowest BCUT2D eigenvalue weighted by atomic mass is 9.84. The first-order valence-electron chi connectivity index (χ1n) is 8.81. The maximum atomic E-state index is 12.5. The third-order valence-corrected chi connectivity index (χ3v) is 4.81. The van der Waals surface area contributed by atoms with Gasteiger partial charge in [-0.3, -0.25) is 4.90 Å². The Bertz CT molecular complexity index is 713. The van der Waals surface area contributed by atoms with Crippen LogP contribution in [0.25, 0.3) is 0 Å². The van der Waals surface area contributed by atoms with Crippen molar-refractivity contribution < 1.29 is 23.4 Å². The van der Waals surface area contributed by atoms with Gasteiger partial charge in [0, 0.05) is 26.2 Å². The molecule has 1 fully saturated rings. The molecule has 0 bridgehead atoms. The van der Waals surface area contributed by atoms with Crippen LogP contribution in [0.1, 0.15) is 31.9 Å². The minimum atomic E-state index is -2.98. The highest BCUT2D eigenvalue weighted by atomic mass is 19.3. The molecule has 8 heteroatoms. The summed E-state index contributed by atoms with van der Waals surface area (Å²) in [7, 11) is 0. The SMILES string of the molecule is CC(C)(C)C1CN(CCc2ccc(C#N)c(OC(F)F)c2)CCN1C(=O)O. The van der Waals surface area contributed by atoms with Gasteiger partial charge in [0.2, 0.25) is 0 Å². The van der Waals surface area contributed by atoms with Crippen LogP contribution in [0.15, 0.2) is 18.2 Å². The maximum Gasteiger partial charge on any atom is 0.407 e. The van der Waals surface area contributed by atoms with E-state index in [0.717, 1.165) is 5.56 Å². The molecule has 148 valence electrons. The van der Waals surface area contributed by atoms with Gasteiger partial charge in [0.25, 0.3) is 0 Å². The first-order chi connectivity index (χ1) is 12.6. The Balaban J connectivity index is 2.04. The molecule has 1 aromatic rings. The van der Waals surface area contributed by atoms with Gasteiger partial charge in [-0.05, 0) is 29.5 Å². The summed E-state index contributed by atoms with van der Waals surface area (Å²) in [5.41, 5.74) is 0.670. The second-order valence-electron chi connectivity index (χ2n) is 7.73. The maximum absolute atomic E-state index is 12.5. The number of amides is 1. The van der Waals surface area contributed by atoms with Crippen LogP contribution >= 0.6 is 0 Å². The second kappa shape index (κ2) is 8.53. The average molecular weight is 381 g/mol. The number of piperazine rings is 1. The van der Waals surface area contributed by atoms with E-state index < -0.39 is 12.7 Å². The molecular weight excluding hydrogens is 356 g/mol. The Hall–Kier alpha value is -2.40. The summed E-state index contributed by atoms with van der Waals surface area (Å²) in [6.07, 6.45) is -0.314. The first kappa shape index (κ1) is 20.9. The summed E-state index contributed by atoms with van der Waals surface area (Å²) in [6, 6.07) is 6.40. The monoisotopic (exact) mass is 381 g/mol. The summed E-state index contributed by atoms with van der Waals surface area (Å²) in [5.74, 6) is -0.117. The van der Waals surface area contributed by atoms with Crippen LogP contribution in [0.4, 0.5) is 13.6 Å². The molecule has 0 aliphatic carbocycles. The van der Waals surface area contributed by atoms with E-state index in [1.54, 1.807) is 6.07 Å². The summed E-state index contributed by atoms with van der Waals surface area (Å²) < 4.78 is 29.4. The summed E-state index contributed by atoms with van der Waals surface area (Å²) in [6.45, 7) is 5.42. The van der Waals surface area contributed by atoms with E-state index in [4.69, 9.17) is 5.26 Å². The number of carbonyl (C=O) groups is 1. The predicted octanol–water partition coefficient (Wildman–Crippen LogP) is 3.41. The fourth-order valence-corrected chi connectivity index (χ4v) is 3.31. The first-order valence-corrected chi connectivity index (χ1v) is 8.81. The normalized spacial score (nSPS) is 18.4. The second-order valence-corrected chi connectivity index (χ2v) is 7.73. The number of halogens is 2. The van der Waals surface area contributed by atoms with Crippen molar-refractivity contribution in [1.82, 2.24) is 9.80 Å². The van der Waals surface area contributed by atoms with Crippen LogP contribution in [0.5, 0.6) is 5.75 Å². The van der Waals surface area contributed by atoms with Crippen LogP contribution in [0.2, 0.25) is 0 Å². The van der Waals surface area contributed by atoms with E-state index in [1.807, 2.05) is 26.8 Å². The number of carboxylic acid groups (broad SMARTS) is 1. The number of rotatable bonds is 5. The quantitative estimate of drug-likeness (QED) is 0.846. The van der Waals surface area contributed by atoms with Gasteiger partial charge in [-0.25, -0.2) is 4.79 Å². The highest BCUT2D eigenvalue weighted by molar-refractivity contribution is 5.65. The predicted molar refractivity (Wildman–Crippen MR) is 95.9 cm³/mol. The van der Waals surface area contributed by atoms with Gasteiger partial charge < -0.3 is 14.7 Å². The summed E-state index contributed by atoms with van der Waals surface area (Å²) >= 11 is 0. The zero-order valence-electron chi connectivity index (χ0n) is 15.8. The molecule has 0 radical (unpaired) electrons. The van der Waals surface area contributed by atoms with Crippen molar-refractivity contribution in [2.45, 2.75) is 39.8 Å². The Morgan fingerprint density at radius 3 is 2.67 bits per heavy atom. The van der Waals surface area contributed by atoms with Crippen LogP contribution < -0.4 is 4.74 Å². The van der Waals surface area contributed by atoms with Crippen molar-refractivity contribution in [3.63, 3.8) is 0 Å². The molecule has 0 spiro atoms. The minimum absolute atomic E-state index is 0.0712. The molecule has 1 aliphatic heterocycles. The molecule has 1 unspecified atom stereocenters. The molecule has 1 heterocycles. The number of alkyl halides is 2. The molecule has 1 N–H and O–H groups in total. The molecule has 6 nitrogen and oxygen atoms in total. The third kappa shape index (κ3) is 5.54. The molecule has 0 saturated carbocycles. The largest absolute Gasteiger partial charge is 0.465 e. The van der Waals surface area contributed by atoms with Gasteiger partial charge in [-0.1, -0.05) is 26.8 Å². The molecule has 2 rings (SSSR count). The van der Waals surface area contributed by atoms with Crippen molar-refractivity contribution in [1.29, 1.82) is 5.26 Å². The fraction of sp³-hybridized carbons (Fsp3) is 0.579. The van der Waals surface area contributed by atoms with Crippen LogP contribution in [0, 0.1) is 16.7 Å². The lowest BCUT2D eigenvalue weighted by Gasteiger charge is -2.46. The number of ether oxygens (including phenoxy) is 1. The Labute approximate surface area is 157 Å².